The second-order valence-corrected chi connectivity index (χ2v) is 5.42. The predicted octanol–water partition coefficient (Wildman–Crippen LogP) is 2.68. The number of oxime groups is 1. The van der Waals surface area contributed by atoms with Crippen LogP contribution >= 0.6 is 0 Å². The first-order valence-corrected chi connectivity index (χ1v) is 7.64. The van der Waals surface area contributed by atoms with Gasteiger partial charge in [0.05, 0.1) is 24.1 Å². The molecule has 1 unspecified atom stereocenters. The Balaban J connectivity index is 1.60. The average molecular weight is 345 g/mol. The fraction of sp³-hybridized carbons (Fsp3) is 0.235. The van der Waals surface area contributed by atoms with E-state index in [0.29, 0.717) is 23.6 Å². The Morgan fingerprint density at radius 2 is 2.20 bits per heavy atom. The third-order valence-corrected chi connectivity index (χ3v) is 3.55. The van der Waals surface area contributed by atoms with E-state index in [1.54, 1.807) is 12.1 Å². The van der Waals surface area contributed by atoms with E-state index in [4.69, 9.17) is 14.7 Å². The van der Waals surface area contributed by atoms with Crippen LogP contribution in [-0.4, -0.2) is 41.2 Å². The zero-order valence-corrected chi connectivity index (χ0v) is 13.2. The molecule has 8 heteroatoms. The number of carbonyl (C=O) groups is 1. The van der Waals surface area contributed by atoms with Gasteiger partial charge in [-0.25, -0.2) is 9.18 Å². The summed E-state index contributed by atoms with van der Waals surface area (Å²) in [6, 6.07) is 10.2. The van der Waals surface area contributed by atoms with Crippen molar-refractivity contribution in [3.05, 3.63) is 48.4 Å². The minimum Gasteiger partial charge on any atom is -0.489 e. The molecule has 7 nitrogen and oxygen atoms in total. The normalized spacial score (nSPS) is 16.0. The standard InChI is InChI=1S/C17H16FN3O4/c18-11-5-6-15(19-8-11)14-3-1-2-4-16(14)24-10-13-7-12(21-25-13)9-20-17(22)23/h1-6,8,13,20H,7,9-10H2,(H,22,23). The van der Waals surface area contributed by atoms with Gasteiger partial charge in [-0.1, -0.05) is 17.3 Å². The first kappa shape index (κ1) is 16.7. The molecule has 130 valence electrons. The highest BCUT2D eigenvalue weighted by Gasteiger charge is 2.22. The SMILES string of the molecule is O=C(O)NCC1=NOC(COc2ccccc2-c2ccc(F)cn2)C1. The molecule has 1 amide bonds. The molecule has 1 aromatic heterocycles. The van der Waals surface area contributed by atoms with Crippen LogP contribution < -0.4 is 10.1 Å². The van der Waals surface area contributed by atoms with E-state index in [1.165, 1.54) is 6.07 Å². The van der Waals surface area contributed by atoms with Gasteiger partial charge in [0.15, 0.2) is 6.10 Å². The van der Waals surface area contributed by atoms with Gasteiger partial charge >= 0.3 is 6.09 Å². The van der Waals surface area contributed by atoms with E-state index in [-0.39, 0.29) is 19.3 Å². The molecule has 0 saturated heterocycles. The number of halogens is 1. The molecule has 1 atom stereocenters. The molecule has 2 aromatic rings. The summed E-state index contributed by atoms with van der Waals surface area (Å²) in [5.41, 5.74) is 1.96. The number of amides is 1. The Kier molecular flexibility index (Phi) is 5.08. The zero-order valence-electron chi connectivity index (χ0n) is 13.2. The molecule has 0 saturated carbocycles. The molecule has 1 aliphatic rings. The fourth-order valence-electron chi connectivity index (χ4n) is 2.38. The first-order valence-electron chi connectivity index (χ1n) is 7.64. The van der Waals surface area contributed by atoms with Gasteiger partial charge in [0, 0.05) is 12.0 Å². The number of nitrogens with zero attached hydrogens (tertiary/aromatic N) is 2. The Morgan fingerprint density at radius 1 is 1.36 bits per heavy atom. The third-order valence-electron chi connectivity index (χ3n) is 3.55. The van der Waals surface area contributed by atoms with Crippen LogP contribution in [0.15, 0.2) is 47.8 Å². The molecule has 0 aliphatic carbocycles. The summed E-state index contributed by atoms with van der Waals surface area (Å²) in [4.78, 5) is 19.8. The molecular weight excluding hydrogens is 329 g/mol. The van der Waals surface area contributed by atoms with E-state index >= 15 is 0 Å². The van der Waals surface area contributed by atoms with E-state index in [1.807, 2.05) is 18.2 Å². The minimum absolute atomic E-state index is 0.127. The van der Waals surface area contributed by atoms with Crippen molar-refractivity contribution >= 4 is 11.8 Å². The molecule has 0 bridgehead atoms. The van der Waals surface area contributed by atoms with Crippen molar-refractivity contribution in [2.24, 2.45) is 5.16 Å². The number of para-hydroxylation sites is 1. The Hall–Kier alpha value is -3.16. The van der Waals surface area contributed by atoms with E-state index in [2.05, 4.69) is 15.5 Å². The predicted molar refractivity (Wildman–Crippen MR) is 88.1 cm³/mol. The lowest BCUT2D eigenvalue weighted by Crippen LogP contribution is -2.28. The summed E-state index contributed by atoms with van der Waals surface area (Å²) >= 11 is 0. The van der Waals surface area contributed by atoms with Gasteiger partial charge < -0.3 is 20.0 Å². The molecule has 0 spiro atoms. The molecule has 25 heavy (non-hydrogen) atoms. The highest BCUT2D eigenvalue weighted by atomic mass is 19.1. The first-order chi connectivity index (χ1) is 12.1. The van der Waals surface area contributed by atoms with Gasteiger partial charge in [-0.3, -0.25) is 4.98 Å². The molecule has 1 aromatic carbocycles. The smallest absolute Gasteiger partial charge is 0.404 e. The highest BCUT2D eigenvalue weighted by Crippen LogP contribution is 2.28. The Labute approximate surface area is 143 Å². The zero-order chi connectivity index (χ0) is 17.6. The summed E-state index contributed by atoms with van der Waals surface area (Å²) in [5, 5.41) is 14.7. The molecule has 3 rings (SSSR count). The van der Waals surface area contributed by atoms with Gasteiger partial charge in [-0.2, -0.15) is 0 Å². The van der Waals surface area contributed by atoms with Crippen LogP contribution in [0.1, 0.15) is 6.42 Å². The van der Waals surface area contributed by atoms with Crippen LogP contribution in [0.25, 0.3) is 11.3 Å². The number of aromatic nitrogens is 1. The van der Waals surface area contributed by atoms with Crippen LogP contribution in [0, 0.1) is 5.82 Å². The molecule has 0 radical (unpaired) electrons. The van der Waals surface area contributed by atoms with Crippen LogP contribution in [0.4, 0.5) is 9.18 Å². The number of hydrogen-bond donors (Lipinski definition) is 2. The van der Waals surface area contributed by atoms with Crippen LogP contribution in [-0.2, 0) is 4.84 Å². The molecule has 1 aliphatic heterocycles. The number of hydrogen-bond acceptors (Lipinski definition) is 5. The molecular formula is C17H16FN3O4. The Bertz CT molecular complexity index is 780. The van der Waals surface area contributed by atoms with Crippen molar-refractivity contribution in [2.45, 2.75) is 12.5 Å². The Morgan fingerprint density at radius 3 is 2.96 bits per heavy atom. The lowest BCUT2D eigenvalue weighted by atomic mass is 10.1. The van der Waals surface area contributed by atoms with Crippen LogP contribution in [0.3, 0.4) is 0 Å². The summed E-state index contributed by atoms with van der Waals surface area (Å²) in [6.07, 6.45) is 0.238. The topological polar surface area (TPSA) is 93.0 Å². The maximum absolute atomic E-state index is 13.0. The summed E-state index contributed by atoms with van der Waals surface area (Å²) in [6.45, 7) is 0.375. The molecule has 0 fully saturated rings. The number of ether oxygens (including phenoxy) is 1. The van der Waals surface area contributed by atoms with Crippen LogP contribution in [0.2, 0.25) is 0 Å². The largest absolute Gasteiger partial charge is 0.489 e. The number of carboxylic acid groups (broad SMARTS) is 1. The number of nitrogens with one attached hydrogen (secondary N) is 1. The van der Waals surface area contributed by atoms with Crippen molar-refractivity contribution in [1.29, 1.82) is 0 Å². The van der Waals surface area contributed by atoms with Crippen molar-refractivity contribution < 1.29 is 23.9 Å². The summed E-state index contributed by atoms with van der Waals surface area (Å²) < 4.78 is 18.9. The third kappa shape index (κ3) is 4.43. The van der Waals surface area contributed by atoms with Gasteiger partial charge in [0.25, 0.3) is 0 Å². The van der Waals surface area contributed by atoms with Gasteiger partial charge in [0.1, 0.15) is 18.2 Å². The number of benzene rings is 1. The highest BCUT2D eigenvalue weighted by molar-refractivity contribution is 5.89. The van der Waals surface area contributed by atoms with Crippen molar-refractivity contribution in [3.63, 3.8) is 0 Å². The van der Waals surface area contributed by atoms with Gasteiger partial charge in [-0.15, -0.1) is 0 Å². The lowest BCUT2D eigenvalue weighted by molar-refractivity contribution is 0.0472. The second kappa shape index (κ2) is 7.61. The number of rotatable bonds is 6. The maximum atomic E-state index is 13.0. The van der Waals surface area contributed by atoms with E-state index in [9.17, 15) is 9.18 Å². The summed E-state index contributed by atoms with van der Waals surface area (Å²) in [5.74, 6) is 0.198. The van der Waals surface area contributed by atoms with Gasteiger partial charge in [-0.05, 0) is 24.3 Å². The fourth-order valence-corrected chi connectivity index (χ4v) is 2.38. The van der Waals surface area contributed by atoms with Crippen molar-refractivity contribution in [1.82, 2.24) is 10.3 Å². The second-order valence-electron chi connectivity index (χ2n) is 5.42. The molecule has 2 N–H and O–H groups in total. The van der Waals surface area contributed by atoms with Gasteiger partial charge in [0.2, 0.25) is 0 Å². The quantitative estimate of drug-likeness (QED) is 0.840. The molecule has 2 heterocycles. The minimum atomic E-state index is -1.11. The maximum Gasteiger partial charge on any atom is 0.404 e. The summed E-state index contributed by atoms with van der Waals surface area (Å²) in [7, 11) is 0. The van der Waals surface area contributed by atoms with E-state index < -0.39 is 11.9 Å². The monoisotopic (exact) mass is 345 g/mol. The van der Waals surface area contributed by atoms with E-state index in [0.717, 1.165) is 11.8 Å². The number of pyridine rings is 1. The van der Waals surface area contributed by atoms with Crippen molar-refractivity contribution in [2.75, 3.05) is 13.2 Å². The lowest BCUT2D eigenvalue weighted by Gasteiger charge is -2.13. The van der Waals surface area contributed by atoms with Crippen molar-refractivity contribution in [3.8, 4) is 17.0 Å². The van der Waals surface area contributed by atoms with Crippen LogP contribution in [0.5, 0.6) is 5.75 Å². The average Bonchev–Trinajstić information content (AvgIpc) is 3.07.